The number of carbonyl (C=O) groups is 1. The summed E-state index contributed by atoms with van der Waals surface area (Å²) >= 11 is 1.96. The Balaban J connectivity index is 2.03. The number of nitrogens with zero attached hydrogens (tertiary/aromatic N) is 1. The van der Waals surface area contributed by atoms with E-state index in [9.17, 15) is 4.79 Å². The average molecular weight is 252 g/mol. The van der Waals surface area contributed by atoms with Crippen LogP contribution in [0.3, 0.4) is 0 Å². The number of hydrogen-bond donors (Lipinski definition) is 3. The number of nitrogen functional groups attached to an aromatic ring is 1. The summed E-state index contributed by atoms with van der Waals surface area (Å²) < 4.78 is 0. The molecule has 1 aromatic heterocycles. The van der Waals surface area contributed by atoms with Gasteiger partial charge in [-0.05, 0) is 30.7 Å². The molecule has 2 rings (SSSR count). The zero-order valence-electron chi connectivity index (χ0n) is 9.48. The van der Waals surface area contributed by atoms with E-state index in [4.69, 9.17) is 11.5 Å². The summed E-state index contributed by atoms with van der Waals surface area (Å²) in [6.07, 6.45) is 2.48. The van der Waals surface area contributed by atoms with E-state index in [2.05, 4.69) is 10.3 Å². The van der Waals surface area contributed by atoms with Crippen molar-refractivity contribution in [1.82, 2.24) is 4.98 Å². The van der Waals surface area contributed by atoms with E-state index >= 15 is 0 Å². The minimum absolute atomic E-state index is 0.237. The monoisotopic (exact) mass is 252 g/mol. The second-order valence-electron chi connectivity index (χ2n) is 4.01. The van der Waals surface area contributed by atoms with E-state index < -0.39 is 5.91 Å². The third-order valence-electron chi connectivity index (χ3n) is 2.70. The molecule has 1 aromatic rings. The van der Waals surface area contributed by atoms with Crippen molar-refractivity contribution < 1.29 is 4.79 Å². The number of aromatic nitrogens is 1. The van der Waals surface area contributed by atoms with Crippen molar-refractivity contribution >= 4 is 29.2 Å². The molecule has 0 aromatic carbocycles. The number of thioether (sulfide) groups is 1. The van der Waals surface area contributed by atoms with Crippen molar-refractivity contribution in [2.24, 2.45) is 5.73 Å². The predicted molar refractivity (Wildman–Crippen MR) is 71.1 cm³/mol. The first-order valence-electron chi connectivity index (χ1n) is 5.58. The topological polar surface area (TPSA) is 94.0 Å². The Bertz CT molecular complexity index is 418. The molecule has 1 aliphatic rings. The number of pyridine rings is 1. The molecule has 5 nitrogen and oxygen atoms in total. The summed E-state index contributed by atoms with van der Waals surface area (Å²) in [6.45, 7) is 0.823. The quantitative estimate of drug-likeness (QED) is 0.745. The van der Waals surface area contributed by atoms with Crippen molar-refractivity contribution in [2.75, 3.05) is 23.3 Å². The number of nitrogens with two attached hydrogens (primary N) is 2. The van der Waals surface area contributed by atoms with Crippen molar-refractivity contribution in [1.29, 1.82) is 0 Å². The van der Waals surface area contributed by atoms with Gasteiger partial charge in [-0.15, -0.1) is 0 Å². The first-order valence-corrected chi connectivity index (χ1v) is 6.63. The Kier molecular flexibility index (Phi) is 3.73. The van der Waals surface area contributed by atoms with Gasteiger partial charge in [-0.2, -0.15) is 11.8 Å². The molecule has 1 amide bonds. The van der Waals surface area contributed by atoms with Gasteiger partial charge in [0, 0.05) is 11.8 Å². The van der Waals surface area contributed by atoms with Crippen LogP contribution in [0.4, 0.5) is 11.5 Å². The molecule has 0 bridgehead atoms. The van der Waals surface area contributed by atoms with Crippen LogP contribution in [0.15, 0.2) is 12.1 Å². The fourth-order valence-corrected chi connectivity index (χ4v) is 2.97. The Hall–Kier alpha value is -1.43. The molecule has 2 heterocycles. The summed E-state index contributed by atoms with van der Waals surface area (Å²) in [5, 5.41) is 3.79. The number of amides is 1. The van der Waals surface area contributed by atoms with Gasteiger partial charge in [-0.3, -0.25) is 4.79 Å². The minimum atomic E-state index is -0.539. The average Bonchev–Trinajstić information content (AvgIpc) is 2.80. The predicted octanol–water partition coefficient (Wildman–Crippen LogP) is 1.07. The van der Waals surface area contributed by atoms with E-state index in [0.29, 0.717) is 16.8 Å². The second kappa shape index (κ2) is 5.27. The minimum Gasteiger partial charge on any atom is -0.396 e. The highest BCUT2D eigenvalue weighted by Crippen LogP contribution is 2.26. The molecule has 17 heavy (non-hydrogen) atoms. The van der Waals surface area contributed by atoms with Crippen LogP contribution in [-0.2, 0) is 0 Å². The van der Waals surface area contributed by atoms with E-state index in [1.54, 1.807) is 6.07 Å². The lowest BCUT2D eigenvalue weighted by Gasteiger charge is -2.12. The van der Waals surface area contributed by atoms with Crippen LogP contribution in [0.25, 0.3) is 0 Å². The van der Waals surface area contributed by atoms with Crippen LogP contribution in [0.5, 0.6) is 0 Å². The van der Waals surface area contributed by atoms with Crippen molar-refractivity contribution in [3.8, 4) is 0 Å². The van der Waals surface area contributed by atoms with Crippen LogP contribution < -0.4 is 16.8 Å². The van der Waals surface area contributed by atoms with Gasteiger partial charge >= 0.3 is 0 Å². The van der Waals surface area contributed by atoms with Gasteiger partial charge in [-0.1, -0.05) is 0 Å². The molecule has 0 aliphatic carbocycles. The second-order valence-corrected chi connectivity index (χ2v) is 5.42. The Labute approximate surface area is 104 Å². The van der Waals surface area contributed by atoms with Gasteiger partial charge in [0.2, 0.25) is 0 Å². The highest BCUT2D eigenvalue weighted by atomic mass is 32.2. The number of hydrogen-bond acceptors (Lipinski definition) is 5. The van der Waals surface area contributed by atoms with Crippen LogP contribution in [0.1, 0.15) is 23.3 Å². The highest BCUT2D eigenvalue weighted by Gasteiger charge is 2.16. The standard InChI is InChI=1S/C11H16N4OS/c12-8-3-4-9(10(13)16)15-11(8)14-6-7-2-1-5-17-7/h3-4,7H,1-2,5-6,12H2,(H2,13,16)(H,14,15). The van der Waals surface area contributed by atoms with Gasteiger partial charge in [0.05, 0.1) is 5.69 Å². The summed E-state index contributed by atoms with van der Waals surface area (Å²) in [5.74, 6) is 1.23. The third-order valence-corrected chi connectivity index (χ3v) is 4.10. The number of anilines is 2. The van der Waals surface area contributed by atoms with Gasteiger partial charge in [-0.25, -0.2) is 4.98 Å². The van der Waals surface area contributed by atoms with Gasteiger partial charge in [0.1, 0.15) is 11.5 Å². The summed E-state index contributed by atoms with van der Waals surface area (Å²) in [6, 6.07) is 3.18. The molecular weight excluding hydrogens is 236 g/mol. The number of rotatable bonds is 4. The summed E-state index contributed by atoms with van der Waals surface area (Å²) in [4.78, 5) is 15.1. The summed E-state index contributed by atoms with van der Waals surface area (Å²) in [5.41, 5.74) is 11.7. The lowest BCUT2D eigenvalue weighted by molar-refractivity contribution is 0.0996. The normalized spacial score (nSPS) is 19.2. The molecule has 0 spiro atoms. The van der Waals surface area contributed by atoms with Gasteiger partial charge < -0.3 is 16.8 Å². The molecular formula is C11H16N4OS. The van der Waals surface area contributed by atoms with Crippen molar-refractivity contribution in [3.05, 3.63) is 17.8 Å². The van der Waals surface area contributed by atoms with Gasteiger partial charge in [0.25, 0.3) is 5.91 Å². The summed E-state index contributed by atoms with van der Waals surface area (Å²) in [7, 11) is 0. The molecule has 5 N–H and O–H groups in total. The van der Waals surface area contributed by atoms with Crippen LogP contribution >= 0.6 is 11.8 Å². The molecule has 1 aliphatic heterocycles. The first-order chi connectivity index (χ1) is 8.16. The molecule has 92 valence electrons. The fourth-order valence-electron chi connectivity index (χ4n) is 1.76. The van der Waals surface area contributed by atoms with Crippen molar-refractivity contribution in [3.63, 3.8) is 0 Å². The zero-order chi connectivity index (χ0) is 12.3. The van der Waals surface area contributed by atoms with Crippen LogP contribution in [-0.4, -0.2) is 28.4 Å². The highest BCUT2D eigenvalue weighted by molar-refractivity contribution is 8.00. The molecule has 6 heteroatoms. The smallest absolute Gasteiger partial charge is 0.267 e. The lowest BCUT2D eigenvalue weighted by Crippen LogP contribution is -2.18. The molecule has 1 unspecified atom stereocenters. The molecule has 0 radical (unpaired) electrons. The maximum Gasteiger partial charge on any atom is 0.267 e. The SMILES string of the molecule is NC(=O)c1ccc(N)c(NCC2CCCS2)n1. The van der Waals surface area contributed by atoms with E-state index in [-0.39, 0.29) is 5.69 Å². The largest absolute Gasteiger partial charge is 0.396 e. The third kappa shape index (κ3) is 3.03. The van der Waals surface area contributed by atoms with E-state index in [1.807, 2.05) is 11.8 Å². The fraction of sp³-hybridized carbons (Fsp3) is 0.455. The molecule has 1 atom stereocenters. The van der Waals surface area contributed by atoms with Crippen LogP contribution in [0.2, 0.25) is 0 Å². The van der Waals surface area contributed by atoms with Gasteiger partial charge in [0.15, 0.2) is 0 Å². The number of nitrogens with one attached hydrogen (secondary N) is 1. The number of carbonyl (C=O) groups excluding carboxylic acids is 1. The molecule has 1 saturated heterocycles. The Morgan fingerprint density at radius 3 is 3.06 bits per heavy atom. The molecule has 1 fully saturated rings. The molecule has 0 saturated carbocycles. The Morgan fingerprint density at radius 2 is 2.41 bits per heavy atom. The lowest BCUT2D eigenvalue weighted by atomic mass is 10.2. The Morgan fingerprint density at radius 1 is 1.59 bits per heavy atom. The van der Waals surface area contributed by atoms with E-state index in [1.165, 1.54) is 24.7 Å². The maximum atomic E-state index is 11.0. The van der Waals surface area contributed by atoms with Crippen molar-refractivity contribution in [2.45, 2.75) is 18.1 Å². The zero-order valence-corrected chi connectivity index (χ0v) is 10.3. The maximum absolute atomic E-state index is 11.0. The van der Waals surface area contributed by atoms with E-state index in [0.717, 1.165) is 6.54 Å². The first kappa shape index (κ1) is 12.0. The van der Waals surface area contributed by atoms with Crippen LogP contribution in [0, 0.1) is 0 Å². The number of primary amides is 1.